The summed E-state index contributed by atoms with van der Waals surface area (Å²) in [5.74, 6) is 2.63. The first-order valence-corrected chi connectivity index (χ1v) is 7.69. The van der Waals surface area contributed by atoms with Crippen molar-refractivity contribution in [1.29, 1.82) is 0 Å². The van der Waals surface area contributed by atoms with E-state index in [1.807, 2.05) is 57.7 Å². The minimum atomic E-state index is 0.726. The molecule has 0 atom stereocenters. The number of rotatable bonds is 6. The van der Waals surface area contributed by atoms with Gasteiger partial charge in [0.05, 0.1) is 5.69 Å². The van der Waals surface area contributed by atoms with Crippen molar-refractivity contribution < 1.29 is 0 Å². The van der Waals surface area contributed by atoms with Crippen LogP contribution in [-0.4, -0.2) is 43.1 Å². The monoisotopic (exact) mass is 311 g/mol. The quantitative estimate of drug-likeness (QED) is 0.696. The van der Waals surface area contributed by atoms with Crippen molar-refractivity contribution in [2.75, 3.05) is 18.5 Å². The molecule has 0 aromatic carbocycles. The first-order chi connectivity index (χ1) is 11.1. The van der Waals surface area contributed by atoms with Crippen LogP contribution in [0.2, 0.25) is 0 Å². The van der Waals surface area contributed by atoms with Gasteiger partial charge in [-0.05, 0) is 38.5 Å². The molecule has 0 radical (unpaired) electrons. The summed E-state index contributed by atoms with van der Waals surface area (Å²) in [5.41, 5.74) is 0.961. The Morgan fingerprint density at radius 1 is 1.09 bits per heavy atom. The van der Waals surface area contributed by atoms with E-state index in [0.717, 1.165) is 42.7 Å². The van der Waals surface area contributed by atoms with E-state index >= 15 is 0 Å². The van der Waals surface area contributed by atoms with Gasteiger partial charge in [-0.15, -0.1) is 10.2 Å². The molecule has 0 saturated heterocycles. The van der Waals surface area contributed by atoms with E-state index in [0.29, 0.717) is 0 Å². The highest BCUT2D eigenvalue weighted by molar-refractivity contribution is 5.38. The largest absolute Gasteiger partial charge is 0.358 e. The first-order valence-electron chi connectivity index (χ1n) is 7.69. The Bertz CT molecular complexity index is 757. The van der Waals surface area contributed by atoms with Gasteiger partial charge in [0.25, 0.3) is 0 Å². The fraction of sp³-hybridized carbons (Fsp3) is 0.375. The van der Waals surface area contributed by atoms with E-state index < -0.39 is 0 Å². The SMILES string of the molecule is Cc1ccn(-c2ccc(N(C)CCCn3ccnc3C)nn2)n1. The summed E-state index contributed by atoms with van der Waals surface area (Å²) in [6.07, 6.45) is 6.75. The highest BCUT2D eigenvalue weighted by atomic mass is 15.4. The topological polar surface area (TPSA) is 64.7 Å². The standard InChI is InChI=1S/C16H21N7/c1-13-7-11-23(20-13)16-6-5-15(18-19-16)21(3)9-4-10-22-12-8-17-14(22)2/h5-8,11-12H,4,9-10H2,1-3H3. The van der Waals surface area contributed by atoms with Crippen LogP contribution in [0.25, 0.3) is 5.82 Å². The fourth-order valence-electron chi connectivity index (χ4n) is 2.42. The Morgan fingerprint density at radius 2 is 1.96 bits per heavy atom. The number of anilines is 1. The van der Waals surface area contributed by atoms with Crippen LogP contribution in [0.4, 0.5) is 5.82 Å². The van der Waals surface area contributed by atoms with Crippen LogP contribution in [0, 0.1) is 13.8 Å². The molecule has 0 unspecified atom stereocenters. The maximum Gasteiger partial charge on any atom is 0.175 e. The second-order valence-electron chi connectivity index (χ2n) is 5.59. The Labute approximate surface area is 135 Å². The van der Waals surface area contributed by atoms with E-state index in [1.54, 1.807) is 4.68 Å². The van der Waals surface area contributed by atoms with Crippen molar-refractivity contribution >= 4 is 5.82 Å². The molecule has 3 aromatic heterocycles. The third-order valence-corrected chi connectivity index (χ3v) is 3.80. The van der Waals surface area contributed by atoms with Crippen LogP contribution >= 0.6 is 0 Å². The van der Waals surface area contributed by atoms with Crippen molar-refractivity contribution in [3.63, 3.8) is 0 Å². The van der Waals surface area contributed by atoms with Crippen LogP contribution in [0.15, 0.2) is 36.8 Å². The minimum Gasteiger partial charge on any atom is -0.358 e. The van der Waals surface area contributed by atoms with Gasteiger partial charge in [-0.2, -0.15) is 5.10 Å². The molecule has 0 N–H and O–H groups in total. The lowest BCUT2D eigenvalue weighted by molar-refractivity contribution is 0.619. The molecule has 3 heterocycles. The Hall–Kier alpha value is -2.70. The van der Waals surface area contributed by atoms with Gasteiger partial charge in [-0.3, -0.25) is 0 Å². The van der Waals surface area contributed by atoms with E-state index in [1.165, 1.54) is 0 Å². The van der Waals surface area contributed by atoms with Crippen molar-refractivity contribution in [2.45, 2.75) is 26.8 Å². The minimum absolute atomic E-state index is 0.726. The summed E-state index contributed by atoms with van der Waals surface area (Å²) in [6.45, 7) is 5.83. The fourth-order valence-corrected chi connectivity index (χ4v) is 2.42. The molecule has 23 heavy (non-hydrogen) atoms. The molecule has 7 heteroatoms. The van der Waals surface area contributed by atoms with Crippen LogP contribution < -0.4 is 4.90 Å². The van der Waals surface area contributed by atoms with Crippen molar-refractivity contribution in [2.24, 2.45) is 0 Å². The molecule has 0 amide bonds. The van der Waals surface area contributed by atoms with Gasteiger partial charge in [-0.1, -0.05) is 0 Å². The van der Waals surface area contributed by atoms with E-state index in [2.05, 4.69) is 29.7 Å². The van der Waals surface area contributed by atoms with Crippen LogP contribution in [0.3, 0.4) is 0 Å². The van der Waals surface area contributed by atoms with E-state index in [4.69, 9.17) is 0 Å². The van der Waals surface area contributed by atoms with E-state index in [-0.39, 0.29) is 0 Å². The summed E-state index contributed by atoms with van der Waals surface area (Å²) >= 11 is 0. The molecule has 0 aliphatic heterocycles. The number of aromatic nitrogens is 6. The second kappa shape index (κ2) is 6.60. The van der Waals surface area contributed by atoms with Crippen LogP contribution in [-0.2, 0) is 6.54 Å². The second-order valence-corrected chi connectivity index (χ2v) is 5.59. The smallest absolute Gasteiger partial charge is 0.175 e. The molecule has 0 aliphatic carbocycles. The van der Waals surface area contributed by atoms with Gasteiger partial charge < -0.3 is 9.47 Å². The first kappa shape index (κ1) is 15.2. The van der Waals surface area contributed by atoms with Gasteiger partial charge in [0, 0.05) is 38.7 Å². The maximum atomic E-state index is 4.33. The van der Waals surface area contributed by atoms with Gasteiger partial charge in [-0.25, -0.2) is 9.67 Å². The summed E-state index contributed by atoms with van der Waals surface area (Å²) in [5, 5.41) is 12.9. The van der Waals surface area contributed by atoms with Gasteiger partial charge >= 0.3 is 0 Å². The predicted molar refractivity (Wildman–Crippen MR) is 88.7 cm³/mol. The van der Waals surface area contributed by atoms with Gasteiger partial charge in [0.2, 0.25) is 0 Å². The number of aryl methyl sites for hydroxylation is 3. The number of hydrogen-bond acceptors (Lipinski definition) is 5. The molecule has 0 aliphatic rings. The Kier molecular flexibility index (Phi) is 4.36. The lowest BCUT2D eigenvalue weighted by Crippen LogP contribution is -2.21. The van der Waals surface area contributed by atoms with Gasteiger partial charge in [0.1, 0.15) is 5.82 Å². The average molecular weight is 311 g/mol. The highest BCUT2D eigenvalue weighted by Crippen LogP contribution is 2.11. The molecule has 0 saturated carbocycles. The zero-order chi connectivity index (χ0) is 16.2. The summed E-state index contributed by atoms with van der Waals surface area (Å²) in [4.78, 5) is 6.34. The number of nitrogens with zero attached hydrogens (tertiary/aromatic N) is 7. The predicted octanol–water partition coefficient (Wildman–Crippen LogP) is 2.00. The van der Waals surface area contributed by atoms with Crippen molar-refractivity contribution in [1.82, 2.24) is 29.5 Å². The lowest BCUT2D eigenvalue weighted by atomic mass is 10.3. The Morgan fingerprint density at radius 3 is 2.57 bits per heavy atom. The number of imidazole rings is 1. The van der Waals surface area contributed by atoms with Crippen LogP contribution in [0.5, 0.6) is 0 Å². The van der Waals surface area contributed by atoms with Crippen molar-refractivity contribution in [3.8, 4) is 5.82 Å². The Balaban J connectivity index is 1.57. The van der Waals surface area contributed by atoms with Crippen LogP contribution in [0.1, 0.15) is 17.9 Å². The molecular weight excluding hydrogens is 290 g/mol. The number of hydrogen-bond donors (Lipinski definition) is 0. The summed E-state index contributed by atoms with van der Waals surface area (Å²) in [6, 6.07) is 5.85. The molecule has 120 valence electrons. The zero-order valence-electron chi connectivity index (χ0n) is 13.7. The molecule has 0 fully saturated rings. The third kappa shape index (κ3) is 3.56. The molecule has 0 spiro atoms. The lowest BCUT2D eigenvalue weighted by Gasteiger charge is -2.17. The summed E-state index contributed by atoms with van der Waals surface area (Å²) < 4.78 is 3.89. The highest BCUT2D eigenvalue weighted by Gasteiger charge is 2.06. The zero-order valence-corrected chi connectivity index (χ0v) is 13.7. The van der Waals surface area contributed by atoms with E-state index in [9.17, 15) is 0 Å². The molecule has 3 rings (SSSR count). The average Bonchev–Trinajstić information content (AvgIpc) is 3.16. The molecular formula is C16H21N7. The van der Waals surface area contributed by atoms with Gasteiger partial charge in [0.15, 0.2) is 11.6 Å². The molecule has 7 nitrogen and oxygen atoms in total. The van der Waals surface area contributed by atoms with Crippen molar-refractivity contribution in [3.05, 3.63) is 48.3 Å². The normalized spacial score (nSPS) is 10.9. The summed E-state index contributed by atoms with van der Waals surface area (Å²) in [7, 11) is 2.03. The molecule has 0 bridgehead atoms. The molecule has 3 aromatic rings. The third-order valence-electron chi connectivity index (χ3n) is 3.80. The maximum absolute atomic E-state index is 4.33.